The molecule has 0 heterocycles. The molecule has 0 aliphatic rings. The normalized spacial score (nSPS) is 11.9. The number of carbonyl (C=O) groups is 2. The van der Waals surface area contributed by atoms with Crippen LogP contribution >= 0.6 is 23.2 Å². The van der Waals surface area contributed by atoms with Crippen LogP contribution in [0.4, 0.5) is 5.69 Å². The van der Waals surface area contributed by atoms with Gasteiger partial charge in [0.1, 0.15) is 12.6 Å². The van der Waals surface area contributed by atoms with Gasteiger partial charge in [-0.25, -0.2) is 8.42 Å². The van der Waals surface area contributed by atoms with E-state index in [0.717, 1.165) is 21.0 Å². The van der Waals surface area contributed by atoms with Gasteiger partial charge < -0.3 is 10.2 Å². The smallest absolute Gasteiger partial charge is 0.264 e. The van der Waals surface area contributed by atoms with Crippen LogP contribution in [0, 0.1) is 13.8 Å². The number of benzene rings is 4. The highest BCUT2D eigenvalue weighted by molar-refractivity contribution is 7.92. The number of carbonyl (C=O) groups excluding carboxylic acids is 2. The van der Waals surface area contributed by atoms with Crippen molar-refractivity contribution < 1.29 is 18.0 Å². The molecule has 0 saturated carbocycles. The van der Waals surface area contributed by atoms with E-state index in [2.05, 4.69) is 5.32 Å². The highest BCUT2D eigenvalue weighted by Gasteiger charge is 2.35. The Bertz CT molecular complexity index is 1700. The summed E-state index contributed by atoms with van der Waals surface area (Å²) in [6, 6.07) is 26.7. The van der Waals surface area contributed by atoms with E-state index in [0.29, 0.717) is 21.3 Å². The Kier molecular flexibility index (Phi) is 10.5. The second-order valence-corrected chi connectivity index (χ2v) is 12.8. The molecule has 0 aromatic heterocycles. The zero-order valence-corrected chi connectivity index (χ0v) is 26.5. The summed E-state index contributed by atoms with van der Waals surface area (Å²) in [7, 11) is -2.67. The van der Waals surface area contributed by atoms with Crippen LogP contribution in [-0.2, 0) is 32.6 Å². The fourth-order valence-electron chi connectivity index (χ4n) is 4.79. The Morgan fingerprint density at radius 2 is 1.47 bits per heavy atom. The van der Waals surface area contributed by atoms with Crippen molar-refractivity contribution in [2.24, 2.45) is 0 Å². The van der Waals surface area contributed by atoms with Gasteiger partial charge >= 0.3 is 0 Å². The lowest BCUT2D eigenvalue weighted by molar-refractivity contribution is -0.139. The molecule has 0 aliphatic carbocycles. The zero-order valence-electron chi connectivity index (χ0n) is 24.1. The van der Waals surface area contributed by atoms with Gasteiger partial charge in [-0.1, -0.05) is 89.9 Å². The predicted molar refractivity (Wildman–Crippen MR) is 172 cm³/mol. The van der Waals surface area contributed by atoms with Crippen LogP contribution in [0.2, 0.25) is 10.0 Å². The largest absolute Gasteiger partial charge is 0.357 e. The zero-order chi connectivity index (χ0) is 31.1. The Hall–Kier alpha value is -3.85. The lowest BCUT2D eigenvalue weighted by Crippen LogP contribution is -2.53. The minimum absolute atomic E-state index is 0.00728. The van der Waals surface area contributed by atoms with Crippen molar-refractivity contribution in [1.82, 2.24) is 10.2 Å². The van der Waals surface area contributed by atoms with Crippen molar-refractivity contribution in [2.45, 2.75) is 37.8 Å². The number of amides is 2. The Labute approximate surface area is 263 Å². The minimum Gasteiger partial charge on any atom is -0.357 e. The number of anilines is 1. The van der Waals surface area contributed by atoms with Crippen molar-refractivity contribution in [3.05, 3.63) is 129 Å². The van der Waals surface area contributed by atoms with Crippen LogP contribution in [0.1, 0.15) is 22.3 Å². The summed E-state index contributed by atoms with van der Waals surface area (Å²) in [5, 5.41) is 3.33. The van der Waals surface area contributed by atoms with Crippen LogP contribution in [0.3, 0.4) is 0 Å². The summed E-state index contributed by atoms with van der Waals surface area (Å²) >= 11 is 12.4. The Morgan fingerprint density at radius 1 is 0.814 bits per heavy atom. The molecule has 0 spiro atoms. The number of nitrogens with one attached hydrogen (secondary N) is 1. The van der Waals surface area contributed by atoms with Gasteiger partial charge in [-0.3, -0.25) is 13.9 Å². The van der Waals surface area contributed by atoms with Crippen LogP contribution in [-0.4, -0.2) is 44.8 Å². The number of hydrogen-bond acceptors (Lipinski definition) is 4. The van der Waals surface area contributed by atoms with Gasteiger partial charge in [0.25, 0.3) is 10.0 Å². The molecule has 0 unspecified atom stereocenters. The number of nitrogens with zero attached hydrogens (tertiary/aromatic N) is 2. The predicted octanol–water partition coefficient (Wildman–Crippen LogP) is 6.19. The van der Waals surface area contributed by atoms with Crippen LogP contribution in [0.25, 0.3) is 0 Å². The molecule has 1 atom stereocenters. The van der Waals surface area contributed by atoms with Crippen molar-refractivity contribution in [1.29, 1.82) is 0 Å². The van der Waals surface area contributed by atoms with Crippen molar-refractivity contribution in [2.75, 3.05) is 17.9 Å². The number of sulfonamides is 1. The monoisotopic (exact) mass is 637 g/mol. The van der Waals surface area contributed by atoms with E-state index in [1.54, 1.807) is 48.5 Å². The summed E-state index contributed by atoms with van der Waals surface area (Å²) in [5.74, 6) is -0.947. The maximum Gasteiger partial charge on any atom is 0.264 e. The molecule has 10 heteroatoms. The van der Waals surface area contributed by atoms with Crippen LogP contribution < -0.4 is 9.62 Å². The van der Waals surface area contributed by atoms with E-state index in [1.165, 1.54) is 24.1 Å². The molecule has 0 bridgehead atoms. The average Bonchev–Trinajstić information content (AvgIpc) is 3.01. The number of likely N-dealkylation sites (N-methyl/N-ethyl adjacent to an activating group) is 1. The Morgan fingerprint density at radius 3 is 2.09 bits per heavy atom. The van der Waals surface area contributed by atoms with Crippen LogP contribution in [0.15, 0.2) is 102 Å². The van der Waals surface area contributed by atoms with Gasteiger partial charge in [0.2, 0.25) is 11.8 Å². The first kappa shape index (κ1) is 32.1. The molecule has 0 saturated heterocycles. The number of hydrogen-bond donors (Lipinski definition) is 1. The highest BCUT2D eigenvalue weighted by atomic mass is 35.5. The van der Waals surface area contributed by atoms with E-state index in [9.17, 15) is 18.0 Å². The molecule has 0 radical (unpaired) electrons. The quantitative estimate of drug-likeness (QED) is 0.212. The maximum atomic E-state index is 14.4. The SMILES string of the molecule is CNC(=O)[C@H](Cc1ccccc1)N(Cc1ccc(Cl)c(Cl)c1)C(=O)CN(c1cccc(C)c1C)S(=O)(=O)c1ccccc1. The highest BCUT2D eigenvalue weighted by Crippen LogP contribution is 2.30. The lowest BCUT2D eigenvalue weighted by atomic mass is 10.0. The third-order valence-corrected chi connectivity index (χ3v) is 9.82. The van der Waals surface area contributed by atoms with Gasteiger partial charge in [-0.05, 0) is 66.4 Å². The van der Waals surface area contributed by atoms with E-state index >= 15 is 0 Å². The van der Waals surface area contributed by atoms with E-state index in [4.69, 9.17) is 23.2 Å². The molecule has 224 valence electrons. The van der Waals surface area contributed by atoms with Gasteiger partial charge in [0, 0.05) is 20.0 Å². The number of aryl methyl sites for hydroxylation is 1. The number of rotatable bonds is 11. The summed E-state index contributed by atoms with van der Waals surface area (Å²) in [4.78, 5) is 29.2. The van der Waals surface area contributed by atoms with E-state index in [1.807, 2.05) is 50.2 Å². The fraction of sp³-hybridized carbons (Fsp3) is 0.212. The molecule has 0 fully saturated rings. The molecule has 4 aromatic rings. The first-order valence-electron chi connectivity index (χ1n) is 13.7. The van der Waals surface area contributed by atoms with E-state index < -0.39 is 28.5 Å². The molecule has 4 rings (SSSR count). The summed E-state index contributed by atoms with van der Waals surface area (Å²) in [5.41, 5.74) is 3.45. The van der Waals surface area contributed by atoms with Gasteiger partial charge in [-0.2, -0.15) is 0 Å². The first-order chi connectivity index (χ1) is 20.5. The second-order valence-electron chi connectivity index (χ2n) is 10.1. The van der Waals surface area contributed by atoms with E-state index in [-0.39, 0.29) is 23.8 Å². The van der Waals surface area contributed by atoms with Crippen molar-refractivity contribution >= 4 is 50.7 Å². The minimum atomic E-state index is -4.17. The van der Waals surface area contributed by atoms with Gasteiger partial charge in [0.15, 0.2) is 0 Å². The third-order valence-electron chi connectivity index (χ3n) is 7.31. The van der Waals surface area contributed by atoms with Gasteiger partial charge in [-0.15, -0.1) is 0 Å². The standard InChI is InChI=1S/C33H33Cl2N3O4S/c1-23-11-10-16-30(24(23)2)38(43(41,42)27-14-8-5-9-15-27)22-32(39)37(21-26-17-18-28(34)29(35)19-26)31(33(40)36-3)20-25-12-6-4-7-13-25/h4-19,31H,20-22H2,1-3H3,(H,36,40)/t31-/m0/s1. The summed E-state index contributed by atoms with van der Waals surface area (Å²) < 4.78 is 29.3. The topological polar surface area (TPSA) is 86.8 Å². The van der Waals surface area contributed by atoms with Gasteiger partial charge in [0.05, 0.1) is 20.6 Å². The second kappa shape index (κ2) is 14.1. The Balaban J connectivity index is 1.82. The van der Waals surface area contributed by atoms with Crippen molar-refractivity contribution in [3.8, 4) is 0 Å². The molecular formula is C33H33Cl2N3O4S. The fourth-order valence-corrected chi connectivity index (χ4v) is 6.61. The molecule has 0 aliphatic heterocycles. The molecule has 2 amide bonds. The lowest BCUT2D eigenvalue weighted by Gasteiger charge is -2.34. The molecule has 1 N–H and O–H groups in total. The van der Waals surface area contributed by atoms with Crippen molar-refractivity contribution in [3.63, 3.8) is 0 Å². The third kappa shape index (κ3) is 7.57. The molecule has 4 aromatic carbocycles. The first-order valence-corrected chi connectivity index (χ1v) is 15.9. The summed E-state index contributed by atoms with van der Waals surface area (Å²) in [6.45, 7) is 3.16. The molecule has 7 nitrogen and oxygen atoms in total. The maximum absolute atomic E-state index is 14.4. The molecular weight excluding hydrogens is 605 g/mol. The summed E-state index contributed by atoms with van der Waals surface area (Å²) in [6.07, 6.45) is 0.211. The molecule has 43 heavy (non-hydrogen) atoms. The van der Waals surface area contributed by atoms with Crippen LogP contribution in [0.5, 0.6) is 0 Å². The number of halogens is 2. The average molecular weight is 639 g/mol.